The molecule has 0 saturated carbocycles. The topological polar surface area (TPSA) is 95.6 Å². The first kappa shape index (κ1) is 49.1. The Balaban J connectivity index is 1.37. The van der Waals surface area contributed by atoms with E-state index in [1.807, 2.05) is 32.6 Å². The highest BCUT2D eigenvalue weighted by Gasteiger charge is 2.60. The van der Waals surface area contributed by atoms with E-state index in [2.05, 4.69) is 19.2 Å². The lowest BCUT2D eigenvalue weighted by atomic mass is 9.98. The van der Waals surface area contributed by atoms with Gasteiger partial charge in [-0.25, -0.2) is 0 Å². The summed E-state index contributed by atoms with van der Waals surface area (Å²) in [6, 6.07) is 0. The predicted molar refractivity (Wildman–Crippen MR) is 227 cm³/mol. The van der Waals surface area contributed by atoms with Crippen LogP contribution in [0.1, 0.15) is 228 Å². The summed E-state index contributed by atoms with van der Waals surface area (Å²) in [4.78, 5) is 28.4. The van der Waals surface area contributed by atoms with Gasteiger partial charge in [0.15, 0.2) is 17.9 Å². The first-order valence-electron chi connectivity index (χ1n) is 24.0. The zero-order valence-electron chi connectivity index (χ0n) is 37.3. The maximum absolute atomic E-state index is 13.8. The van der Waals surface area contributed by atoms with Crippen molar-refractivity contribution in [3.63, 3.8) is 0 Å². The third-order valence-electron chi connectivity index (χ3n) is 11.9. The van der Waals surface area contributed by atoms with Gasteiger partial charge < -0.3 is 33.9 Å². The van der Waals surface area contributed by atoms with E-state index in [4.69, 9.17) is 23.7 Å². The molecule has 2 amide bonds. The van der Waals surface area contributed by atoms with Crippen LogP contribution in [0.4, 0.5) is 0 Å². The number of unbranched alkanes of at least 4 members (excludes halogenated alkanes) is 24. The molecule has 5 atom stereocenters. The maximum atomic E-state index is 13.8. The number of hydrogen-bond acceptors (Lipinski definition) is 7. The number of nitrogens with one attached hydrogen (secondary N) is 1. The molecule has 9 nitrogen and oxygen atoms in total. The molecular formula is C47H88N2O7. The van der Waals surface area contributed by atoms with Crippen molar-refractivity contribution in [3.8, 4) is 0 Å². The molecule has 0 aromatic carbocycles. The Hall–Kier alpha value is -1.26. The molecule has 0 aliphatic carbocycles. The van der Waals surface area contributed by atoms with E-state index >= 15 is 0 Å². The Morgan fingerprint density at radius 1 is 0.500 bits per heavy atom. The highest BCUT2D eigenvalue weighted by Crippen LogP contribution is 2.44. The fourth-order valence-corrected chi connectivity index (χ4v) is 8.72. The zero-order valence-corrected chi connectivity index (χ0v) is 37.3. The summed E-state index contributed by atoms with van der Waals surface area (Å²) >= 11 is 0. The smallest absolute Gasteiger partial charge is 0.222 e. The molecule has 9 heteroatoms. The van der Waals surface area contributed by atoms with Gasteiger partial charge in [-0.15, -0.1) is 0 Å². The van der Waals surface area contributed by atoms with Crippen molar-refractivity contribution in [1.29, 1.82) is 0 Å². The normalized spacial score (nSPS) is 23.6. The minimum atomic E-state index is -0.792. The van der Waals surface area contributed by atoms with E-state index in [0.717, 1.165) is 25.7 Å². The third-order valence-corrected chi connectivity index (χ3v) is 11.9. The monoisotopic (exact) mass is 793 g/mol. The summed E-state index contributed by atoms with van der Waals surface area (Å²) in [6.45, 7) is 13.6. The number of fused-ring (bicyclic) bond motifs is 3. The molecule has 0 aromatic rings. The average Bonchev–Trinajstić information content (AvgIpc) is 3.66. The van der Waals surface area contributed by atoms with Gasteiger partial charge in [0.1, 0.15) is 24.4 Å². The van der Waals surface area contributed by atoms with Gasteiger partial charge in [0, 0.05) is 32.5 Å². The summed E-state index contributed by atoms with van der Waals surface area (Å²) < 4.78 is 31.6. The summed E-state index contributed by atoms with van der Waals surface area (Å²) in [7, 11) is 0. The number of amides is 2. The summed E-state index contributed by atoms with van der Waals surface area (Å²) in [5.74, 6) is -1.33. The summed E-state index contributed by atoms with van der Waals surface area (Å²) in [5, 5.41) is 3.12. The lowest BCUT2D eigenvalue weighted by Gasteiger charge is -2.39. The molecule has 3 rings (SSSR count). The van der Waals surface area contributed by atoms with Gasteiger partial charge in [-0.05, 0) is 47.0 Å². The Kier molecular flexibility index (Phi) is 24.8. The fourth-order valence-electron chi connectivity index (χ4n) is 8.72. The molecular weight excluding hydrogens is 705 g/mol. The lowest BCUT2D eigenvalue weighted by molar-refractivity contribution is -0.236. The van der Waals surface area contributed by atoms with Crippen molar-refractivity contribution in [2.24, 2.45) is 0 Å². The minimum Gasteiger partial charge on any atom is -0.356 e. The Morgan fingerprint density at radius 3 is 1.41 bits per heavy atom. The summed E-state index contributed by atoms with van der Waals surface area (Å²) in [6.07, 6.45) is 33.1. The van der Waals surface area contributed by atoms with E-state index in [-0.39, 0.29) is 24.0 Å². The van der Waals surface area contributed by atoms with E-state index in [0.29, 0.717) is 38.9 Å². The number of ether oxygens (including phenoxy) is 5. The zero-order chi connectivity index (χ0) is 40.5. The van der Waals surface area contributed by atoms with Crippen LogP contribution >= 0.6 is 0 Å². The van der Waals surface area contributed by atoms with Gasteiger partial charge in [-0.1, -0.05) is 168 Å². The van der Waals surface area contributed by atoms with Gasteiger partial charge in [-0.3, -0.25) is 9.59 Å². The van der Waals surface area contributed by atoms with E-state index in [1.54, 1.807) is 0 Å². The van der Waals surface area contributed by atoms with Gasteiger partial charge in [0.05, 0.1) is 0 Å². The van der Waals surface area contributed by atoms with Crippen molar-refractivity contribution in [1.82, 2.24) is 10.2 Å². The molecule has 0 spiro atoms. The van der Waals surface area contributed by atoms with Crippen LogP contribution in [-0.2, 0) is 33.3 Å². The van der Waals surface area contributed by atoms with Crippen molar-refractivity contribution in [2.45, 2.75) is 270 Å². The molecule has 0 aromatic heterocycles. The van der Waals surface area contributed by atoms with Crippen LogP contribution < -0.4 is 5.32 Å². The van der Waals surface area contributed by atoms with Crippen molar-refractivity contribution in [3.05, 3.63) is 0 Å². The standard InChI is InChI=1S/C47H88N2O7/c1-7-9-11-13-15-17-19-21-23-25-27-29-31-34-40(50)48-36-33-37-49(41(51)35-32-30-28-26-24-22-20-18-16-14-12-10-8-2)38-39-42-43(54-46(3,4)53-42)44-45(52-39)56-47(5,6)55-44/h39,42-45H,7-38H2,1-6H3,(H,48,50)/t39-,42+,43+,44-,45-/m1/s1. The quantitative estimate of drug-likeness (QED) is 0.0648. The second-order valence-electron chi connectivity index (χ2n) is 18.2. The summed E-state index contributed by atoms with van der Waals surface area (Å²) in [5.41, 5.74) is 0. The lowest BCUT2D eigenvalue weighted by Crippen LogP contribution is -2.58. The minimum absolute atomic E-state index is 0.113. The molecule has 0 bridgehead atoms. The van der Waals surface area contributed by atoms with E-state index in [9.17, 15) is 9.59 Å². The number of hydrogen-bond donors (Lipinski definition) is 1. The van der Waals surface area contributed by atoms with E-state index < -0.39 is 30.1 Å². The van der Waals surface area contributed by atoms with Crippen LogP contribution in [0, 0.1) is 0 Å². The molecule has 3 aliphatic heterocycles. The molecule has 3 heterocycles. The maximum Gasteiger partial charge on any atom is 0.222 e. The molecule has 3 fully saturated rings. The molecule has 1 N–H and O–H groups in total. The Morgan fingerprint density at radius 2 is 0.911 bits per heavy atom. The number of nitrogens with zero attached hydrogens (tertiary/aromatic N) is 1. The van der Waals surface area contributed by atoms with Gasteiger partial charge in [-0.2, -0.15) is 0 Å². The van der Waals surface area contributed by atoms with Crippen LogP contribution in [0.25, 0.3) is 0 Å². The molecule has 3 aliphatic rings. The second-order valence-corrected chi connectivity index (χ2v) is 18.2. The van der Waals surface area contributed by atoms with E-state index in [1.165, 1.54) is 141 Å². The highest BCUT2D eigenvalue weighted by molar-refractivity contribution is 5.76. The van der Waals surface area contributed by atoms with Crippen LogP contribution in [0.2, 0.25) is 0 Å². The Labute approximate surface area is 344 Å². The van der Waals surface area contributed by atoms with Gasteiger partial charge in [0.25, 0.3) is 0 Å². The van der Waals surface area contributed by atoms with Crippen LogP contribution in [-0.4, -0.2) is 78.6 Å². The average molecular weight is 793 g/mol. The van der Waals surface area contributed by atoms with Gasteiger partial charge in [0.2, 0.25) is 11.8 Å². The van der Waals surface area contributed by atoms with Crippen molar-refractivity contribution in [2.75, 3.05) is 19.6 Å². The first-order valence-corrected chi connectivity index (χ1v) is 24.0. The van der Waals surface area contributed by atoms with Crippen LogP contribution in [0.5, 0.6) is 0 Å². The Bertz CT molecular complexity index is 1040. The van der Waals surface area contributed by atoms with Crippen molar-refractivity contribution >= 4 is 11.8 Å². The predicted octanol–water partition coefficient (Wildman–Crippen LogP) is 11.7. The van der Waals surface area contributed by atoms with Crippen LogP contribution in [0.3, 0.4) is 0 Å². The first-order chi connectivity index (χ1) is 27.0. The molecule has 0 unspecified atom stereocenters. The molecule has 56 heavy (non-hydrogen) atoms. The van der Waals surface area contributed by atoms with Gasteiger partial charge >= 0.3 is 0 Å². The van der Waals surface area contributed by atoms with Crippen LogP contribution in [0.15, 0.2) is 0 Å². The third kappa shape index (κ3) is 20.1. The van der Waals surface area contributed by atoms with Crippen molar-refractivity contribution < 1.29 is 33.3 Å². The molecule has 3 saturated heterocycles. The fraction of sp³-hybridized carbons (Fsp3) is 0.957. The number of carbonyl (C=O) groups excluding carboxylic acids is 2. The molecule has 0 radical (unpaired) electrons. The highest BCUT2D eigenvalue weighted by atomic mass is 16.9. The largest absolute Gasteiger partial charge is 0.356 e. The molecule has 328 valence electrons. The number of carbonyl (C=O) groups is 2. The second kappa shape index (κ2) is 28.3. The number of rotatable bonds is 34. The SMILES string of the molecule is CCCCCCCCCCCCCCCC(=O)NCCCN(C[C@H]1O[C@@H]2OC(C)(C)O[C@@H]2[C@H]2OC(C)(C)O[C@H]21)C(=O)CCCCCCCCCCCCCCC.